The zero-order chi connectivity index (χ0) is 31.2. The van der Waals surface area contributed by atoms with Crippen LogP contribution in [0.25, 0.3) is 0 Å². The van der Waals surface area contributed by atoms with Gasteiger partial charge < -0.3 is 65.1 Å². The Morgan fingerprint density at radius 3 is 2.00 bits per heavy atom. The molecule has 1 amide bonds. The van der Waals surface area contributed by atoms with Crippen molar-refractivity contribution in [2.24, 2.45) is 0 Å². The fraction of sp³-hybridized carbons (Fsp3) is 0.964. The highest BCUT2D eigenvalue weighted by molar-refractivity contribution is 5.76. The summed E-state index contributed by atoms with van der Waals surface area (Å²) >= 11 is 0. The first-order chi connectivity index (χ1) is 20.1. The van der Waals surface area contributed by atoms with Crippen LogP contribution in [0.3, 0.4) is 0 Å². The molecular weight excluding hydrogens is 558 g/mol. The van der Waals surface area contributed by atoms with Crippen molar-refractivity contribution in [1.82, 2.24) is 5.32 Å². The minimum absolute atomic E-state index is 0.235. The molecular formula is C28H53NO13. The predicted molar refractivity (Wildman–Crippen MR) is 148 cm³/mol. The molecule has 14 heteroatoms. The fourth-order valence-electron chi connectivity index (χ4n) is 5.11. The van der Waals surface area contributed by atoms with E-state index in [0.717, 1.165) is 51.4 Å². The minimum atomic E-state index is -1.77. The van der Waals surface area contributed by atoms with Gasteiger partial charge >= 0.3 is 0 Å². The zero-order valence-electron chi connectivity index (χ0n) is 24.7. The van der Waals surface area contributed by atoms with E-state index < -0.39 is 86.8 Å². The molecule has 0 aromatic carbocycles. The number of aliphatic hydroxyl groups is 8. The number of unbranched alkanes of at least 4 members (excludes halogenated alkanes) is 6. The first-order valence-electron chi connectivity index (χ1n) is 15.3. The lowest BCUT2D eigenvalue weighted by molar-refractivity contribution is -0.359. The molecule has 12 atom stereocenters. The Morgan fingerprint density at radius 2 is 1.36 bits per heavy atom. The highest BCUT2D eigenvalue weighted by Gasteiger charge is 2.50. The lowest BCUT2D eigenvalue weighted by atomic mass is 9.97. The topological polar surface area (TPSA) is 228 Å². The maximum atomic E-state index is 12.6. The molecule has 2 aliphatic rings. The van der Waals surface area contributed by atoms with Crippen molar-refractivity contribution in [2.45, 2.75) is 152 Å². The van der Waals surface area contributed by atoms with Crippen LogP contribution in [0.4, 0.5) is 0 Å². The Kier molecular flexibility index (Phi) is 17.2. The Morgan fingerprint density at radius 1 is 0.762 bits per heavy atom. The molecule has 2 fully saturated rings. The molecule has 0 saturated carbocycles. The monoisotopic (exact) mass is 611 g/mol. The van der Waals surface area contributed by atoms with Crippen LogP contribution >= 0.6 is 0 Å². The van der Waals surface area contributed by atoms with E-state index in [2.05, 4.69) is 12.2 Å². The first-order valence-corrected chi connectivity index (χ1v) is 15.3. The second-order valence-corrected chi connectivity index (χ2v) is 11.2. The third kappa shape index (κ3) is 10.9. The van der Waals surface area contributed by atoms with E-state index in [4.69, 9.17) is 18.9 Å². The van der Waals surface area contributed by atoms with Crippen molar-refractivity contribution >= 4 is 5.91 Å². The summed E-state index contributed by atoms with van der Waals surface area (Å²) in [7, 11) is 0. The first kappa shape index (κ1) is 37.2. The molecule has 0 spiro atoms. The average Bonchev–Trinajstić information content (AvgIpc) is 2.98. The maximum Gasteiger partial charge on any atom is 0.220 e. The van der Waals surface area contributed by atoms with Gasteiger partial charge in [-0.2, -0.15) is 0 Å². The van der Waals surface area contributed by atoms with Gasteiger partial charge in [0.05, 0.1) is 32.0 Å². The molecule has 9 N–H and O–H groups in total. The molecule has 12 unspecified atom stereocenters. The number of hydrogen-bond donors (Lipinski definition) is 9. The van der Waals surface area contributed by atoms with Gasteiger partial charge in [-0.1, -0.05) is 58.8 Å². The van der Waals surface area contributed by atoms with E-state index in [1.165, 1.54) is 0 Å². The van der Waals surface area contributed by atoms with E-state index in [1.54, 1.807) is 0 Å². The van der Waals surface area contributed by atoms with Gasteiger partial charge in [-0.15, -0.1) is 0 Å². The third-order valence-corrected chi connectivity index (χ3v) is 7.82. The lowest BCUT2D eigenvalue weighted by Crippen LogP contribution is -2.65. The van der Waals surface area contributed by atoms with Crippen molar-refractivity contribution in [3.8, 4) is 0 Å². The largest absolute Gasteiger partial charge is 0.394 e. The van der Waals surface area contributed by atoms with Crippen LogP contribution < -0.4 is 5.32 Å². The predicted octanol–water partition coefficient (Wildman–Crippen LogP) is -1.59. The van der Waals surface area contributed by atoms with Gasteiger partial charge in [0.15, 0.2) is 12.6 Å². The van der Waals surface area contributed by atoms with E-state index in [1.807, 2.05) is 6.92 Å². The van der Waals surface area contributed by atoms with Crippen molar-refractivity contribution in [3.05, 3.63) is 0 Å². The van der Waals surface area contributed by atoms with E-state index >= 15 is 0 Å². The second kappa shape index (κ2) is 19.4. The van der Waals surface area contributed by atoms with E-state index in [0.29, 0.717) is 12.8 Å². The molecule has 2 heterocycles. The van der Waals surface area contributed by atoms with Crippen LogP contribution in [0.1, 0.15) is 78.1 Å². The van der Waals surface area contributed by atoms with Crippen LogP contribution in [0.5, 0.6) is 0 Å². The van der Waals surface area contributed by atoms with Gasteiger partial charge in [0.2, 0.25) is 5.91 Å². The number of aliphatic hydroxyl groups excluding tert-OH is 8. The van der Waals surface area contributed by atoms with Crippen molar-refractivity contribution < 1.29 is 64.6 Å². The maximum absolute atomic E-state index is 12.6. The standard InChI is InChI=1S/C28H53NO13/c1-3-5-7-8-10-12-20(33)29-16(17(32)11-9-6-4-2)15-39-27-25(38)23(36)26(19(14-31)41-27)42-28-24(37)22(35)21(34)18(13-30)40-28/h16-19,21-28,30-32,34-38H,3-15H2,1-2H3,(H,29,33). The summed E-state index contributed by atoms with van der Waals surface area (Å²) in [4.78, 5) is 12.6. The number of hydrogen-bond acceptors (Lipinski definition) is 13. The van der Waals surface area contributed by atoms with E-state index in [-0.39, 0.29) is 12.5 Å². The summed E-state index contributed by atoms with van der Waals surface area (Å²) in [6.45, 7) is 2.49. The summed E-state index contributed by atoms with van der Waals surface area (Å²) in [6.07, 6.45) is -8.41. The lowest BCUT2D eigenvalue weighted by Gasteiger charge is -2.46. The molecule has 0 aliphatic carbocycles. The molecule has 42 heavy (non-hydrogen) atoms. The molecule has 2 aliphatic heterocycles. The minimum Gasteiger partial charge on any atom is -0.394 e. The van der Waals surface area contributed by atoms with Gasteiger partial charge in [0.1, 0.15) is 48.8 Å². The number of nitrogens with one attached hydrogen (secondary N) is 1. The summed E-state index contributed by atoms with van der Waals surface area (Å²) in [5.74, 6) is -0.235. The second-order valence-electron chi connectivity index (χ2n) is 11.2. The molecule has 248 valence electrons. The van der Waals surface area contributed by atoms with Crippen molar-refractivity contribution in [2.75, 3.05) is 19.8 Å². The third-order valence-electron chi connectivity index (χ3n) is 7.82. The quantitative estimate of drug-likeness (QED) is 0.0752. The molecule has 0 bridgehead atoms. The smallest absolute Gasteiger partial charge is 0.220 e. The number of ether oxygens (including phenoxy) is 4. The van der Waals surface area contributed by atoms with Gasteiger partial charge in [-0.25, -0.2) is 0 Å². The van der Waals surface area contributed by atoms with Crippen molar-refractivity contribution in [3.63, 3.8) is 0 Å². The average molecular weight is 612 g/mol. The van der Waals surface area contributed by atoms with Gasteiger partial charge in [-0.05, 0) is 12.8 Å². The fourth-order valence-corrected chi connectivity index (χ4v) is 5.11. The molecule has 0 aromatic heterocycles. The Hall–Kier alpha value is -1.01. The molecule has 2 saturated heterocycles. The molecule has 14 nitrogen and oxygen atoms in total. The Balaban J connectivity index is 2.02. The zero-order valence-corrected chi connectivity index (χ0v) is 24.7. The Bertz CT molecular complexity index is 745. The number of amides is 1. The van der Waals surface area contributed by atoms with E-state index in [9.17, 15) is 45.6 Å². The summed E-state index contributed by atoms with van der Waals surface area (Å²) in [5, 5.41) is 84.8. The molecule has 0 radical (unpaired) electrons. The summed E-state index contributed by atoms with van der Waals surface area (Å²) in [6, 6.07) is -0.811. The van der Waals surface area contributed by atoms with Crippen molar-refractivity contribution in [1.29, 1.82) is 0 Å². The summed E-state index contributed by atoms with van der Waals surface area (Å²) in [5.41, 5.74) is 0. The van der Waals surface area contributed by atoms with Crippen LogP contribution in [-0.4, -0.2) is 140 Å². The highest BCUT2D eigenvalue weighted by atomic mass is 16.7. The SMILES string of the molecule is CCCCCCCC(=O)NC(COC1OC(CO)C(OC2OC(CO)C(O)C(O)C2O)C(O)C1O)C(O)CCCCC. The van der Waals surface area contributed by atoms with Gasteiger partial charge in [-0.3, -0.25) is 4.79 Å². The Labute approximate surface area is 247 Å². The van der Waals surface area contributed by atoms with Crippen LogP contribution in [0.2, 0.25) is 0 Å². The number of carbonyl (C=O) groups is 1. The number of rotatable bonds is 19. The normalized spacial score (nSPS) is 35.1. The number of carbonyl (C=O) groups excluding carboxylic acids is 1. The summed E-state index contributed by atoms with van der Waals surface area (Å²) < 4.78 is 22.2. The molecule has 2 rings (SSSR count). The highest BCUT2D eigenvalue weighted by Crippen LogP contribution is 2.29. The van der Waals surface area contributed by atoms with Crippen LogP contribution in [0.15, 0.2) is 0 Å². The van der Waals surface area contributed by atoms with Crippen LogP contribution in [-0.2, 0) is 23.7 Å². The van der Waals surface area contributed by atoms with Crippen LogP contribution in [0, 0.1) is 0 Å². The van der Waals surface area contributed by atoms with Gasteiger partial charge in [0.25, 0.3) is 0 Å². The van der Waals surface area contributed by atoms with Gasteiger partial charge in [0, 0.05) is 6.42 Å². The molecule has 0 aromatic rings.